The quantitative estimate of drug-likeness (QED) is 0.730. The second kappa shape index (κ2) is 6.66. The molecule has 2 aromatic heterocycles. The molecule has 0 aliphatic rings. The smallest absolute Gasteiger partial charge is 0.270 e. The lowest BCUT2D eigenvalue weighted by Crippen LogP contribution is -2.29. The highest BCUT2D eigenvalue weighted by Gasteiger charge is 2.11. The van der Waals surface area contributed by atoms with E-state index < -0.39 is 5.82 Å². The van der Waals surface area contributed by atoms with Crippen molar-refractivity contribution in [1.82, 2.24) is 19.9 Å². The van der Waals surface area contributed by atoms with E-state index in [0.29, 0.717) is 11.3 Å². The van der Waals surface area contributed by atoms with Crippen molar-refractivity contribution >= 4 is 11.6 Å². The fourth-order valence-electron chi connectivity index (χ4n) is 2.33. The van der Waals surface area contributed by atoms with Gasteiger partial charge in [0, 0.05) is 11.8 Å². The summed E-state index contributed by atoms with van der Waals surface area (Å²) in [5, 5.41) is 7.01. The van der Waals surface area contributed by atoms with E-state index in [-0.39, 0.29) is 24.8 Å². The van der Waals surface area contributed by atoms with E-state index in [0.717, 1.165) is 11.4 Å². The summed E-state index contributed by atoms with van der Waals surface area (Å²) in [5.74, 6) is -0.573. The minimum absolute atomic E-state index is 0.164. The van der Waals surface area contributed by atoms with Gasteiger partial charge < -0.3 is 10.1 Å². The van der Waals surface area contributed by atoms with Gasteiger partial charge in [-0.05, 0) is 32.0 Å². The van der Waals surface area contributed by atoms with Crippen molar-refractivity contribution in [2.45, 2.75) is 13.8 Å². The van der Waals surface area contributed by atoms with E-state index >= 15 is 0 Å². The Labute approximate surface area is 138 Å². The van der Waals surface area contributed by atoms with Crippen LogP contribution in [0.15, 0.2) is 36.4 Å². The molecule has 1 amide bonds. The number of nitrogens with zero attached hydrogens (tertiary/aromatic N) is 3. The van der Waals surface area contributed by atoms with Gasteiger partial charge in [-0.1, -0.05) is 12.1 Å². The van der Waals surface area contributed by atoms with E-state index in [1.54, 1.807) is 22.7 Å². The molecule has 0 aliphatic heterocycles. The Morgan fingerprint density at radius 1 is 1.29 bits per heavy atom. The van der Waals surface area contributed by atoms with E-state index in [4.69, 9.17) is 4.74 Å². The van der Waals surface area contributed by atoms with E-state index in [2.05, 4.69) is 15.4 Å². The maximum Gasteiger partial charge on any atom is 0.270 e. The fourth-order valence-corrected chi connectivity index (χ4v) is 2.33. The molecule has 1 N–H and O–H groups in total. The van der Waals surface area contributed by atoms with Crippen LogP contribution >= 0.6 is 0 Å². The number of carbonyl (C=O) groups excluding carboxylic acids is 1. The van der Waals surface area contributed by atoms with Crippen molar-refractivity contribution in [2.24, 2.45) is 0 Å². The molecule has 0 saturated heterocycles. The van der Waals surface area contributed by atoms with Gasteiger partial charge in [-0.2, -0.15) is 5.10 Å². The van der Waals surface area contributed by atoms with Crippen molar-refractivity contribution < 1.29 is 13.9 Å². The van der Waals surface area contributed by atoms with Crippen molar-refractivity contribution in [3.63, 3.8) is 0 Å². The molecule has 1 aromatic carbocycles. The molecule has 124 valence electrons. The van der Waals surface area contributed by atoms with Crippen LogP contribution < -0.4 is 10.1 Å². The molecule has 0 unspecified atom stereocenters. The normalized spacial score (nSPS) is 10.8. The van der Waals surface area contributed by atoms with Gasteiger partial charge in [0.1, 0.15) is 12.3 Å². The number of ether oxygens (including phenoxy) is 1. The topological polar surface area (TPSA) is 68.5 Å². The lowest BCUT2D eigenvalue weighted by molar-refractivity contribution is 0.0941. The first kappa shape index (κ1) is 15.9. The number of carbonyl (C=O) groups is 1. The van der Waals surface area contributed by atoms with Crippen LogP contribution in [0.1, 0.15) is 21.9 Å². The number of rotatable bonds is 5. The molecule has 0 radical (unpaired) electrons. The van der Waals surface area contributed by atoms with Gasteiger partial charge in [0.25, 0.3) is 5.91 Å². The molecule has 24 heavy (non-hydrogen) atoms. The first-order chi connectivity index (χ1) is 11.5. The van der Waals surface area contributed by atoms with Gasteiger partial charge in [-0.15, -0.1) is 0 Å². The lowest BCUT2D eigenvalue weighted by Gasteiger charge is -2.09. The number of halogens is 1. The second-order valence-electron chi connectivity index (χ2n) is 5.37. The molecular formula is C17H17FN4O2. The van der Waals surface area contributed by atoms with Crippen LogP contribution in [0.3, 0.4) is 0 Å². The van der Waals surface area contributed by atoms with E-state index in [1.807, 2.05) is 19.9 Å². The predicted molar refractivity (Wildman–Crippen MR) is 86.7 cm³/mol. The van der Waals surface area contributed by atoms with Gasteiger partial charge in [0.15, 0.2) is 17.2 Å². The Morgan fingerprint density at radius 2 is 2.08 bits per heavy atom. The van der Waals surface area contributed by atoms with Gasteiger partial charge in [-0.3, -0.25) is 4.79 Å². The monoisotopic (exact) mass is 328 g/mol. The van der Waals surface area contributed by atoms with Crippen LogP contribution in [0.25, 0.3) is 5.65 Å². The number of fused-ring (bicyclic) bond motifs is 1. The molecule has 3 rings (SSSR count). The predicted octanol–water partition coefficient (Wildman–Crippen LogP) is 2.29. The van der Waals surface area contributed by atoms with Crippen LogP contribution in [0.2, 0.25) is 0 Å². The summed E-state index contributed by atoms with van der Waals surface area (Å²) in [7, 11) is 0. The summed E-state index contributed by atoms with van der Waals surface area (Å²) in [5.41, 5.74) is 2.59. The molecule has 2 heterocycles. The zero-order chi connectivity index (χ0) is 17.1. The third kappa shape index (κ3) is 3.34. The highest BCUT2D eigenvalue weighted by Crippen LogP contribution is 2.14. The largest absolute Gasteiger partial charge is 0.489 e. The summed E-state index contributed by atoms with van der Waals surface area (Å²) in [6.45, 7) is 4.14. The average molecular weight is 328 g/mol. The van der Waals surface area contributed by atoms with Crippen LogP contribution in [-0.2, 0) is 0 Å². The van der Waals surface area contributed by atoms with Crippen LogP contribution in [0.5, 0.6) is 5.75 Å². The first-order valence-corrected chi connectivity index (χ1v) is 7.54. The van der Waals surface area contributed by atoms with Crippen molar-refractivity contribution in [1.29, 1.82) is 0 Å². The van der Waals surface area contributed by atoms with Crippen LogP contribution in [0.4, 0.5) is 4.39 Å². The minimum atomic E-state index is -0.428. The number of hydrogen-bond donors (Lipinski definition) is 1. The molecule has 0 spiro atoms. The number of para-hydroxylation sites is 1. The maximum atomic E-state index is 13.4. The third-order valence-corrected chi connectivity index (χ3v) is 3.44. The zero-order valence-corrected chi connectivity index (χ0v) is 13.4. The molecule has 0 saturated carbocycles. The highest BCUT2D eigenvalue weighted by atomic mass is 19.1. The number of aromatic nitrogens is 3. The minimum Gasteiger partial charge on any atom is -0.489 e. The molecule has 0 aliphatic carbocycles. The summed E-state index contributed by atoms with van der Waals surface area (Å²) in [6.07, 6.45) is 0. The molecule has 0 fully saturated rings. The highest BCUT2D eigenvalue weighted by molar-refractivity contribution is 5.92. The molecular weight excluding hydrogens is 311 g/mol. The summed E-state index contributed by atoms with van der Waals surface area (Å²) in [6, 6.07) is 9.62. The van der Waals surface area contributed by atoms with Crippen molar-refractivity contribution in [2.75, 3.05) is 13.2 Å². The summed E-state index contributed by atoms with van der Waals surface area (Å²) in [4.78, 5) is 16.5. The van der Waals surface area contributed by atoms with Crippen molar-refractivity contribution in [3.05, 3.63) is 59.3 Å². The maximum absolute atomic E-state index is 13.4. The van der Waals surface area contributed by atoms with Gasteiger partial charge in [0.2, 0.25) is 0 Å². The van der Waals surface area contributed by atoms with Gasteiger partial charge in [-0.25, -0.2) is 13.9 Å². The van der Waals surface area contributed by atoms with Crippen LogP contribution in [0, 0.1) is 19.7 Å². The number of amides is 1. The van der Waals surface area contributed by atoms with E-state index in [1.165, 1.54) is 12.1 Å². The zero-order valence-electron chi connectivity index (χ0n) is 13.4. The summed E-state index contributed by atoms with van der Waals surface area (Å²) < 4.78 is 20.4. The molecule has 7 heteroatoms. The molecule has 3 aromatic rings. The average Bonchev–Trinajstić information content (AvgIpc) is 2.94. The number of nitrogens with one attached hydrogen (secondary N) is 1. The van der Waals surface area contributed by atoms with Gasteiger partial charge in [0.05, 0.1) is 12.2 Å². The fraction of sp³-hybridized carbons (Fsp3) is 0.235. The summed E-state index contributed by atoms with van der Waals surface area (Å²) >= 11 is 0. The lowest BCUT2D eigenvalue weighted by atomic mass is 10.3. The Hall–Kier alpha value is -2.96. The Bertz CT molecular complexity index is 891. The number of benzene rings is 1. The Morgan fingerprint density at radius 3 is 2.88 bits per heavy atom. The standard InChI is InChI=1S/C17H17FN4O2/c1-11-9-16-20-14(10-12(2)22(16)21-11)17(23)19-7-8-24-15-6-4-3-5-13(15)18/h3-6,9-10H,7-8H2,1-2H3,(H,19,23). The number of hydrogen-bond acceptors (Lipinski definition) is 4. The molecule has 6 nitrogen and oxygen atoms in total. The van der Waals surface area contributed by atoms with Crippen LogP contribution in [-0.4, -0.2) is 33.7 Å². The molecule has 0 atom stereocenters. The number of aryl methyl sites for hydroxylation is 2. The van der Waals surface area contributed by atoms with Gasteiger partial charge >= 0.3 is 0 Å². The van der Waals surface area contributed by atoms with E-state index in [9.17, 15) is 9.18 Å². The molecule has 0 bridgehead atoms. The Balaban J connectivity index is 1.60. The second-order valence-corrected chi connectivity index (χ2v) is 5.37. The first-order valence-electron chi connectivity index (χ1n) is 7.54. The Kier molecular flexibility index (Phi) is 4.41. The van der Waals surface area contributed by atoms with Crippen molar-refractivity contribution in [3.8, 4) is 5.75 Å². The third-order valence-electron chi connectivity index (χ3n) is 3.44. The SMILES string of the molecule is Cc1cc2nc(C(=O)NCCOc3ccccc3F)cc(C)n2n1.